The molecule has 4 nitrogen and oxygen atoms in total. The predicted molar refractivity (Wildman–Crippen MR) is 55.0 cm³/mol. The monoisotopic (exact) mass is 214 g/mol. The van der Waals surface area contributed by atoms with Crippen molar-refractivity contribution in [3.05, 3.63) is 48.2 Å². The van der Waals surface area contributed by atoms with Crippen LogP contribution in [-0.2, 0) is 14.7 Å². The molecule has 0 fully saturated rings. The second kappa shape index (κ2) is 6.17. The molecule has 1 heterocycles. The molecular formula is C9H12NO3S. The molecule has 0 bridgehead atoms. The molecule has 1 radical (unpaired) electrons. The van der Waals surface area contributed by atoms with Crippen molar-refractivity contribution in [3.8, 4) is 0 Å². The molecule has 77 valence electrons. The fourth-order valence-electron chi connectivity index (χ4n) is 0.406. The van der Waals surface area contributed by atoms with Crippen molar-refractivity contribution in [1.29, 1.82) is 0 Å². The summed E-state index contributed by atoms with van der Waals surface area (Å²) in [6.07, 6.45) is 11.6. The van der Waals surface area contributed by atoms with E-state index < -0.39 is 10.1 Å². The van der Waals surface area contributed by atoms with Crippen LogP contribution in [0.25, 0.3) is 0 Å². The summed E-state index contributed by atoms with van der Waals surface area (Å²) in [5.41, 5.74) is 0. The molecule has 1 rings (SSSR count). The summed E-state index contributed by atoms with van der Waals surface area (Å²) >= 11 is 0. The molecule has 1 aliphatic heterocycles. The van der Waals surface area contributed by atoms with Crippen LogP contribution in [0.5, 0.6) is 0 Å². The van der Waals surface area contributed by atoms with E-state index in [4.69, 9.17) is 0 Å². The Morgan fingerprint density at radius 2 is 1.50 bits per heavy atom. The van der Waals surface area contributed by atoms with Gasteiger partial charge in [0.2, 0.25) is 0 Å². The lowest BCUT2D eigenvalue weighted by Gasteiger charge is -1.82. The third kappa shape index (κ3) is 7.33. The maximum Gasteiger partial charge on any atom is 0.319 e. The SMILES string of the molecule is C1=CC=CNC=C1.C=C(C)S([O])(=O)=O. The first-order chi connectivity index (χ1) is 6.44. The lowest BCUT2D eigenvalue weighted by molar-refractivity contribution is 0.421. The Kier molecular flexibility index (Phi) is 5.59. The summed E-state index contributed by atoms with van der Waals surface area (Å²) in [6.45, 7) is 4.08. The number of hydrogen-bond acceptors (Lipinski definition) is 3. The van der Waals surface area contributed by atoms with E-state index in [2.05, 4.69) is 11.9 Å². The van der Waals surface area contributed by atoms with Crippen LogP contribution in [0.4, 0.5) is 0 Å². The minimum Gasteiger partial charge on any atom is -0.368 e. The van der Waals surface area contributed by atoms with Gasteiger partial charge in [-0.05, 0) is 19.1 Å². The predicted octanol–water partition coefficient (Wildman–Crippen LogP) is 1.45. The molecule has 0 saturated heterocycles. The highest BCUT2D eigenvalue weighted by Crippen LogP contribution is 1.96. The van der Waals surface area contributed by atoms with Crippen LogP contribution in [0, 0.1) is 0 Å². The van der Waals surface area contributed by atoms with E-state index in [1.165, 1.54) is 0 Å². The second-order valence-electron chi connectivity index (χ2n) is 2.43. The van der Waals surface area contributed by atoms with Gasteiger partial charge in [0.15, 0.2) is 0 Å². The van der Waals surface area contributed by atoms with Crippen molar-refractivity contribution in [1.82, 2.24) is 5.32 Å². The average Bonchev–Trinajstić information content (AvgIpc) is 2.33. The van der Waals surface area contributed by atoms with E-state index in [9.17, 15) is 13.0 Å². The van der Waals surface area contributed by atoms with Crippen LogP contribution in [0.3, 0.4) is 0 Å². The fraction of sp³-hybridized carbons (Fsp3) is 0.111. The highest BCUT2D eigenvalue weighted by molar-refractivity contribution is 7.89. The van der Waals surface area contributed by atoms with Crippen molar-refractivity contribution in [3.63, 3.8) is 0 Å². The molecule has 0 spiro atoms. The standard InChI is InChI=1S/C6H7N.C3H5O3S/c1-2-4-6-7-5-3-1;1-3(2)7(4,5)6/h1-7H;1H2,2H3. The van der Waals surface area contributed by atoms with Crippen LogP contribution >= 0.6 is 0 Å². The lowest BCUT2D eigenvalue weighted by Crippen LogP contribution is -1.92. The summed E-state index contributed by atoms with van der Waals surface area (Å²) in [5.74, 6) is 0. The van der Waals surface area contributed by atoms with Gasteiger partial charge in [0.05, 0.1) is 4.91 Å². The summed E-state index contributed by atoms with van der Waals surface area (Å²) in [4.78, 5) is -0.340. The molecule has 0 aromatic rings. The maximum atomic E-state index is 9.68. The summed E-state index contributed by atoms with van der Waals surface area (Å²) in [7, 11) is -4.19. The number of hydrogen-bond donors (Lipinski definition) is 1. The normalized spacial score (nSPS) is 13.6. The zero-order chi connectivity index (χ0) is 11.0. The molecule has 0 aliphatic carbocycles. The molecule has 0 saturated carbocycles. The molecule has 0 atom stereocenters. The van der Waals surface area contributed by atoms with E-state index in [1.807, 2.05) is 36.7 Å². The molecule has 0 aromatic carbocycles. The summed E-state index contributed by atoms with van der Waals surface area (Å²) in [5, 5.41) is 2.92. The first kappa shape index (κ1) is 12.7. The zero-order valence-electron chi connectivity index (χ0n) is 7.80. The largest absolute Gasteiger partial charge is 0.368 e. The number of nitrogens with one attached hydrogen (secondary N) is 1. The Morgan fingerprint density at radius 3 is 1.79 bits per heavy atom. The Balaban J connectivity index is 0.000000241. The van der Waals surface area contributed by atoms with Crippen molar-refractivity contribution < 1.29 is 13.0 Å². The van der Waals surface area contributed by atoms with Crippen LogP contribution < -0.4 is 5.32 Å². The van der Waals surface area contributed by atoms with E-state index in [-0.39, 0.29) is 4.91 Å². The van der Waals surface area contributed by atoms with E-state index in [0.717, 1.165) is 6.92 Å². The smallest absolute Gasteiger partial charge is 0.319 e. The summed E-state index contributed by atoms with van der Waals surface area (Å²) < 4.78 is 29.0. The highest BCUT2D eigenvalue weighted by atomic mass is 32.2. The third-order valence-electron chi connectivity index (χ3n) is 1.15. The van der Waals surface area contributed by atoms with Crippen LogP contribution in [-0.4, -0.2) is 8.42 Å². The number of allylic oxidation sites excluding steroid dienone is 5. The van der Waals surface area contributed by atoms with Gasteiger partial charge < -0.3 is 5.32 Å². The van der Waals surface area contributed by atoms with Gasteiger partial charge in [0.1, 0.15) is 0 Å². The van der Waals surface area contributed by atoms with Crippen LogP contribution in [0.1, 0.15) is 6.92 Å². The topological polar surface area (TPSA) is 66.1 Å². The minimum atomic E-state index is -4.19. The van der Waals surface area contributed by atoms with Gasteiger partial charge in [-0.25, -0.2) is 0 Å². The van der Waals surface area contributed by atoms with Gasteiger partial charge in [0, 0.05) is 12.4 Å². The first-order valence-electron chi connectivity index (χ1n) is 3.80. The Labute approximate surface area is 84.1 Å². The van der Waals surface area contributed by atoms with Crippen molar-refractivity contribution >= 4 is 10.1 Å². The van der Waals surface area contributed by atoms with Gasteiger partial charge >= 0.3 is 10.1 Å². The molecule has 0 aromatic heterocycles. The minimum absolute atomic E-state index is 0.340. The quantitative estimate of drug-likeness (QED) is 0.718. The Hall–Kier alpha value is -1.33. The molecular weight excluding hydrogens is 202 g/mol. The lowest BCUT2D eigenvalue weighted by atomic mass is 10.5. The third-order valence-corrected chi connectivity index (χ3v) is 2.00. The van der Waals surface area contributed by atoms with Crippen LogP contribution in [0.15, 0.2) is 48.2 Å². The molecule has 0 amide bonds. The number of rotatable bonds is 1. The molecule has 1 aliphatic rings. The average molecular weight is 214 g/mol. The molecule has 1 N–H and O–H groups in total. The molecule has 5 heteroatoms. The van der Waals surface area contributed by atoms with Gasteiger partial charge in [-0.15, -0.1) is 0 Å². The summed E-state index contributed by atoms with van der Waals surface area (Å²) in [6, 6.07) is 0. The van der Waals surface area contributed by atoms with E-state index in [1.54, 1.807) is 0 Å². The van der Waals surface area contributed by atoms with Gasteiger partial charge in [-0.1, -0.05) is 23.3 Å². The fourth-order valence-corrected chi connectivity index (χ4v) is 0.406. The van der Waals surface area contributed by atoms with Crippen LogP contribution in [0.2, 0.25) is 0 Å². The first-order valence-corrected chi connectivity index (χ1v) is 5.21. The van der Waals surface area contributed by atoms with Crippen molar-refractivity contribution in [2.45, 2.75) is 6.92 Å². The highest BCUT2D eigenvalue weighted by Gasteiger charge is 2.04. The van der Waals surface area contributed by atoms with Gasteiger partial charge in [-0.3, -0.25) is 0 Å². The van der Waals surface area contributed by atoms with Crippen molar-refractivity contribution in [2.24, 2.45) is 0 Å². The second-order valence-corrected chi connectivity index (χ2v) is 4.03. The van der Waals surface area contributed by atoms with Crippen molar-refractivity contribution in [2.75, 3.05) is 0 Å². The molecule has 14 heavy (non-hydrogen) atoms. The van der Waals surface area contributed by atoms with E-state index in [0.29, 0.717) is 0 Å². The molecule has 0 unspecified atom stereocenters. The van der Waals surface area contributed by atoms with Gasteiger partial charge in [0.25, 0.3) is 0 Å². The van der Waals surface area contributed by atoms with E-state index >= 15 is 0 Å². The Bertz CT molecular complexity index is 350. The Morgan fingerprint density at radius 1 is 1.14 bits per heavy atom. The zero-order valence-corrected chi connectivity index (χ0v) is 8.62. The maximum absolute atomic E-state index is 9.68. The van der Waals surface area contributed by atoms with Gasteiger partial charge in [-0.2, -0.15) is 8.42 Å².